The van der Waals surface area contributed by atoms with E-state index in [1.807, 2.05) is 11.0 Å². The molecule has 1 amide bonds. The van der Waals surface area contributed by atoms with E-state index in [2.05, 4.69) is 5.32 Å². The van der Waals surface area contributed by atoms with Gasteiger partial charge in [-0.15, -0.1) is 24.8 Å². The van der Waals surface area contributed by atoms with E-state index in [0.29, 0.717) is 19.5 Å². The molecule has 4 nitrogen and oxygen atoms in total. The number of hydrogen-bond donors (Lipinski definition) is 2. The first-order valence-electron chi connectivity index (χ1n) is 7.72. The first-order chi connectivity index (χ1) is 10.9. The van der Waals surface area contributed by atoms with Gasteiger partial charge in [-0.1, -0.05) is 12.1 Å². The Morgan fingerprint density at radius 2 is 2.08 bits per heavy atom. The van der Waals surface area contributed by atoms with E-state index in [1.165, 1.54) is 12.1 Å². The van der Waals surface area contributed by atoms with Crippen LogP contribution in [0.25, 0.3) is 0 Å². The second-order valence-corrected chi connectivity index (χ2v) is 5.98. The number of carbonyl (C=O) groups is 1. The summed E-state index contributed by atoms with van der Waals surface area (Å²) < 4.78 is 39.4. The predicted octanol–water partition coefficient (Wildman–Crippen LogP) is 2.59. The molecule has 144 valence electrons. The van der Waals surface area contributed by atoms with Gasteiger partial charge in [0.05, 0.1) is 19.0 Å². The number of hydrogen-bond acceptors (Lipinski definition) is 3. The Labute approximate surface area is 158 Å². The van der Waals surface area contributed by atoms with Crippen molar-refractivity contribution in [2.45, 2.75) is 25.3 Å². The summed E-state index contributed by atoms with van der Waals surface area (Å²) in [5.74, 6) is -4.07. The van der Waals surface area contributed by atoms with Gasteiger partial charge in [0.2, 0.25) is 5.91 Å². The quantitative estimate of drug-likeness (QED) is 0.769. The number of nitrogens with zero attached hydrogens (tertiary/aromatic N) is 1. The summed E-state index contributed by atoms with van der Waals surface area (Å²) in [4.78, 5) is 14.1. The Morgan fingerprint density at radius 1 is 1.36 bits per heavy atom. The van der Waals surface area contributed by atoms with Crippen LogP contribution >= 0.6 is 24.8 Å². The third-order valence-electron chi connectivity index (χ3n) is 3.99. The molecule has 9 heteroatoms. The number of halogens is 5. The van der Waals surface area contributed by atoms with Crippen molar-refractivity contribution in [1.82, 2.24) is 10.2 Å². The van der Waals surface area contributed by atoms with Crippen molar-refractivity contribution in [3.05, 3.63) is 35.6 Å². The zero-order valence-electron chi connectivity index (χ0n) is 13.7. The summed E-state index contributed by atoms with van der Waals surface area (Å²) in [5.41, 5.74) is 5.78. The molecule has 1 heterocycles. The molecule has 0 bridgehead atoms. The Balaban J connectivity index is 0.00000288. The molecule has 0 radical (unpaired) electrons. The average molecular weight is 402 g/mol. The first kappa shape index (κ1) is 24.0. The summed E-state index contributed by atoms with van der Waals surface area (Å²) in [7, 11) is 0. The molecule has 2 rings (SSSR count). The molecule has 0 saturated carbocycles. The van der Waals surface area contributed by atoms with Crippen LogP contribution in [0.15, 0.2) is 24.3 Å². The van der Waals surface area contributed by atoms with Crippen LogP contribution in [0.4, 0.5) is 13.2 Å². The van der Waals surface area contributed by atoms with Gasteiger partial charge in [0.15, 0.2) is 0 Å². The van der Waals surface area contributed by atoms with Gasteiger partial charge in [0, 0.05) is 13.1 Å². The highest BCUT2D eigenvalue weighted by molar-refractivity contribution is 5.85. The van der Waals surface area contributed by atoms with Gasteiger partial charge in [-0.25, -0.2) is 13.2 Å². The zero-order chi connectivity index (χ0) is 16.9. The number of piperidine rings is 1. The van der Waals surface area contributed by atoms with Crippen molar-refractivity contribution >= 4 is 30.7 Å². The number of rotatable bonds is 6. The minimum absolute atomic E-state index is 0. The van der Waals surface area contributed by atoms with Crippen LogP contribution in [0, 0.1) is 11.7 Å². The van der Waals surface area contributed by atoms with Gasteiger partial charge in [-0.2, -0.15) is 0 Å². The fraction of sp³-hybridized carbons (Fsp3) is 0.562. The summed E-state index contributed by atoms with van der Waals surface area (Å²) in [5, 5.41) is 2.28. The van der Waals surface area contributed by atoms with E-state index in [-0.39, 0.29) is 42.5 Å². The average Bonchev–Trinajstić information content (AvgIpc) is 2.53. The van der Waals surface area contributed by atoms with Crippen LogP contribution in [0.5, 0.6) is 0 Å². The van der Waals surface area contributed by atoms with E-state index in [4.69, 9.17) is 5.73 Å². The Bertz CT molecular complexity index is 549. The fourth-order valence-corrected chi connectivity index (χ4v) is 2.74. The van der Waals surface area contributed by atoms with Crippen molar-refractivity contribution in [2.75, 3.05) is 26.2 Å². The van der Waals surface area contributed by atoms with E-state index in [1.54, 1.807) is 6.07 Å². The number of amides is 1. The van der Waals surface area contributed by atoms with E-state index < -0.39 is 19.0 Å². The van der Waals surface area contributed by atoms with E-state index >= 15 is 0 Å². The molecular weight excluding hydrogens is 378 g/mol. The van der Waals surface area contributed by atoms with Crippen LogP contribution in [0.3, 0.4) is 0 Å². The lowest BCUT2D eigenvalue weighted by Crippen LogP contribution is -2.47. The molecule has 0 spiro atoms. The monoisotopic (exact) mass is 401 g/mol. The minimum Gasteiger partial charge on any atom is -0.350 e. The van der Waals surface area contributed by atoms with Crippen LogP contribution < -0.4 is 11.1 Å². The number of alkyl halides is 2. The summed E-state index contributed by atoms with van der Waals surface area (Å²) in [6.07, 6.45) is 1.47. The Kier molecular flexibility index (Phi) is 10.4. The van der Waals surface area contributed by atoms with Crippen molar-refractivity contribution < 1.29 is 18.0 Å². The van der Waals surface area contributed by atoms with Crippen molar-refractivity contribution in [2.24, 2.45) is 11.7 Å². The smallest absolute Gasteiger partial charge is 0.277 e. The van der Waals surface area contributed by atoms with Gasteiger partial charge in [-0.05, 0) is 37.1 Å². The van der Waals surface area contributed by atoms with Crippen molar-refractivity contribution in [1.29, 1.82) is 0 Å². The molecule has 1 atom stereocenters. The van der Waals surface area contributed by atoms with Gasteiger partial charge in [0.1, 0.15) is 5.82 Å². The molecule has 1 fully saturated rings. The third kappa shape index (κ3) is 7.81. The second-order valence-electron chi connectivity index (χ2n) is 5.98. The molecule has 1 unspecified atom stereocenters. The number of nitrogens with one attached hydrogen (secondary N) is 1. The Morgan fingerprint density at radius 3 is 2.72 bits per heavy atom. The maximum Gasteiger partial charge on any atom is 0.277 e. The van der Waals surface area contributed by atoms with Crippen LogP contribution in [-0.4, -0.2) is 42.9 Å². The topological polar surface area (TPSA) is 58.4 Å². The van der Waals surface area contributed by atoms with E-state index in [0.717, 1.165) is 18.5 Å². The second kappa shape index (κ2) is 10.9. The number of likely N-dealkylation sites (tertiary alicyclic amines) is 1. The highest BCUT2D eigenvalue weighted by atomic mass is 35.5. The molecule has 1 saturated heterocycles. The van der Waals surface area contributed by atoms with Crippen LogP contribution in [0.2, 0.25) is 0 Å². The highest BCUT2D eigenvalue weighted by Gasteiger charge is 2.30. The molecule has 3 N–H and O–H groups in total. The number of benzene rings is 1. The SMILES string of the molecule is Cl.Cl.NCC(F)(F)CNC(=O)C1CCCN(Cc2cccc(F)c2)C1. The van der Waals surface area contributed by atoms with Crippen molar-refractivity contribution in [3.8, 4) is 0 Å². The molecule has 1 aromatic carbocycles. The van der Waals surface area contributed by atoms with Gasteiger partial charge in [-0.3, -0.25) is 9.69 Å². The first-order valence-corrected chi connectivity index (χ1v) is 7.72. The molecule has 25 heavy (non-hydrogen) atoms. The number of carbonyl (C=O) groups excluding carboxylic acids is 1. The number of nitrogens with two attached hydrogens (primary N) is 1. The molecule has 1 aliphatic rings. The maximum absolute atomic E-state index is 13.2. The molecule has 0 aromatic heterocycles. The zero-order valence-corrected chi connectivity index (χ0v) is 15.4. The lowest BCUT2D eigenvalue weighted by atomic mass is 9.96. The molecule has 1 aliphatic heterocycles. The van der Waals surface area contributed by atoms with E-state index in [9.17, 15) is 18.0 Å². The minimum atomic E-state index is -3.08. The van der Waals surface area contributed by atoms with Gasteiger partial charge >= 0.3 is 0 Å². The van der Waals surface area contributed by atoms with Crippen molar-refractivity contribution in [3.63, 3.8) is 0 Å². The highest BCUT2D eigenvalue weighted by Crippen LogP contribution is 2.19. The summed E-state index contributed by atoms with van der Waals surface area (Å²) in [6.45, 7) is 0.308. The lowest BCUT2D eigenvalue weighted by molar-refractivity contribution is -0.128. The standard InChI is InChI=1S/C16H22F3N3O.2ClH/c17-14-5-1-3-12(7-14)8-22-6-2-4-13(9-22)15(23)21-11-16(18,19)10-20;;/h1,3,5,7,13H,2,4,6,8-11,20H2,(H,21,23);2*1H. The summed E-state index contributed by atoms with van der Waals surface area (Å²) >= 11 is 0. The van der Waals surface area contributed by atoms with Crippen LogP contribution in [0.1, 0.15) is 18.4 Å². The lowest BCUT2D eigenvalue weighted by Gasteiger charge is -2.32. The molecule has 1 aromatic rings. The fourth-order valence-electron chi connectivity index (χ4n) is 2.74. The van der Waals surface area contributed by atoms with Crippen LogP contribution in [-0.2, 0) is 11.3 Å². The molecule has 0 aliphatic carbocycles. The van der Waals surface area contributed by atoms with Gasteiger partial charge in [0.25, 0.3) is 5.92 Å². The summed E-state index contributed by atoms with van der Waals surface area (Å²) in [6, 6.07) is 6.32. The third-order valence-corrected chi connectivity index (χ3v) is 3.99. The largest absolute Gasteiger partial charge is 0.350 e. The Hall–Kier alpha value is -1.02. The predicted molar refractivity (Wildman–Crippen MR) is 95.9 cm³/mol. The maximum atomic E-state index is 13.2. The van der Waals surface area contributed by atoms with Gasteiger partial charge < -0.3 is 11.1 Å². The molecular formula is C16H24Cl2F3N3O. The normalized spacial score (nSPS) is 18.0.